The zero-order valence-corrected chi connectivity index (χ0v) is 10.6. The molecule has 0 radical (unpaired) electrons. The van der Waals surface area contributed by atoms with Crippen LogP contribution in [0.4, 0.5) is 11.4 Å². The quantitative estimate of drug-likeness (QED) is 0.752. The highest BCUT2D eigenvalue weighted by atomic mass is 16.5. The van der Waals surface area contributed by atoms with E-state index in [1.165, 1.54) is 0 Å². The second kappa shape index (κ2) is 5.10. The van der Waals surface area contributed by atoms with Crippen molar-refractivity contribution in [2.75, 3.05) is 24.7 Å². The summed E-state index contributed by atoms with van der Waals surface area (Å²) in [6.07, 6.45) is 1.14. The van der Waals surface area contributed by atoms with Gasteiger partial charge in [0.1, 0.15) is 5.75 Å². The van der Waals surface area contributed by atoms with Gasteiger partial charge < -0.3 is 15.8 Å². The Hall–Kier alpha value is -1.38. The molecule has 0 atom stereocenters. The van der Waals surface area contributed by atoms with Crippen LogP contribution in [-0.2, 0) is 0 Å². The van der Waals surface area contributed by atoms with Gasteiger partial charge in [0.05, 0.1) is 12.8 Å². The third-order valence-corrected chi connectivity index (χ3v) is 2.96. The summed E-state index contributed by atoms with van der Waals surface area (Å²) in [6, 6.07) is 5.77. The lowest BCUT2D eigenvalue weighted by atomic mass is 9.90. The topological polar surface area (TPSA) is 47.3 Å². The van der Waals surface area contributed by atoms with Crippen LogP contribution in [0.25, 0.3) is 0 Å². The number of nitrogens with two attached hydrogens (primary N) is 1. The average molecular weight is 222 g/mol. The fraction of sp³-hybridized carbons (Fsp3) is 0.538. The highest BCUT2D eigenvalue weighted by molar-refractivity contribution is 5.61. The van der Waals surface area contributed by atoms with E-state index in [4.69, 9.17) is 10.5 Å². The van der Waals surface area contributed by atoms with E-state index in [1.54, 1.807) is 7.11 Å². The van der Waals surface area contributed by atoms with E-state index in [0.29, 0.717) is 11.1 Å². The molecular weight excluding hydrogens is 200 g/mol. The van der Waals surface area contributed by atoms with Crippen LogP contribution in [0, 0.1) is 5.41 Å². The van der Waals surface area contributed by atoms with E-state index in [2.05, 4.69) is 26.1 Å². The van der Waals surface area contributed by atoms with Gasteiger partial charge in [-0.05, 0) is 24.0 Å². The van der Waals surface area contributed by atoms with Crippen molar-refractivity contribution in [3.63, 3.8) is 0 Å². The van der Waals surface area contributed by atoms with Gasteiger partial charge in [-0.25, -0.2) is 0 Å². The van der Waals surface area contributed by atoms with Crippen molar-refractivity contribution in [1.82, 2.24) is 0 Å². The van der Waals surface area contributed by atoms with Crippen molar-refractivity contribution in [2.24, 2.45) is 5.41 Å². The van der Waals surface area contributed by atoms with Gasteiger partial charge in [0.2, 0.25) is 0 Å². The average Bonchev–Trinajstić information content (AvgIpc) is 2.28. The van der Waals surface area contributed by atoms with Crippen LogP contribution in [0.3, 0.4) is 0 Å². The molecule has 0 heterocycles. The minimum atomic E-state index is 0.300. The summed E-state index contributed by atoms with van der Waals surface area (Å²) in [6.45, 7) is 7.63. The Bertz CT molecular complexity index is 348. The lowest BCUT2D eigenvalue weighted by Gasteiger charge is -2.23. The monoisotopic (exact) mass is 222 g/mol. The summed E-state index contributed by atoms with van der Waals surface area (Å²) in [5.41, 5.74) is 7.77. The van der Waals surface area contributed by atoms with Crippen molar-refractivity contribution >= 4 is 11.4 Å². The van der Waals surface area contributed by atoms with Gasteiger partial charge in [-0.15, -0.1) is 0 Å². The molecule has 3 nitrogen and oxygen atoms in total. The van der Waals surface area contributed by atoms with Gasteiger partial charge >= 0.3 is 0 Å². The molecule has 0 amide bonds. The Morgan fingerprint density at radius 1 is 1.38 bits per heavy atom. The Balaban J connectivity index is 2.68. The standard InChI is InChI=1S/C13H22N2O/c1-5-13(2,3)9-15-10-6-7-11(14)12(8-10)16-4/h6-8,15H,5,9,14H2,1-4H3. The predicted octanol–water partition coefficient (Wildman–Crippen LogP) is 3.13. The number of methoxy groups -OCH3 is 1. The van der Waals surface area contributed by atoms with Gasteiger partial charge in [0.25, 0.3) is 0 Å². The summed E-state index contributed by atoms with van der Waals surface area (Å²) >= 11 is 0. The van der Waals surface area contributed by atoms with Gasteiger partial charge in [-0.2, -0.15) is 0 Å². The maximum absolute atomic E-state index is 5.76. The first kappa shape index (κ1) is 12.7. The molecular formula is C13H22N2O. The number of nitrogens with one attached hydrogen (secondary N) is 1. The predicted molar refractivity (Wildman–Crippen MR) is 70.0 cm³/mol. The molecule has 3 N–H and O–H groups in total. The number of anilines is 2. The fourth-order valence-corrected chi connectivity index (χ4v) is 1.29. The van der Waals surface area contributed by atoms with Gasteiger partial charge in [0.15, 0.2) is 0 Å². The molecule has 0 saturated carbocycles. The molecule has 90 valence electrons. The van der Waals surface area contributed by atoms with Crippen LogP contribution in [0.1, 0.15) is 27.2 Å². The van der Waals surface area contributed by atoms with Crippen molar-refractivity contribution in [3.8, 4) is 5.75 Å². The van der Waals surface area contributed by atoms with E-state index in [0.717, 1.165) is 24.4 Å². The Kier molecular flexibility index (Phi) is 4.05. The molecule has 0 saturated heterocycles. The second-order valence-electron chi connectivity index (χ2n) is 4.83. The molecule has 0 aliphatic rings. The third kappa shape index (κ3) is 3.33. The van der Waals surface area contributed by atoms with Gasteiger partial charge in [0, 0.05) is 18.3 Å². The molecule has 0 aromatic heterocycles. The molecule has 1 rings (SSSR count). The first-order valence-electron chi connectivity index (χ1n) is 5.66. The van der Waals surface area contributed by atoms with Crippen LogP contribution in [-0.4, -0.2) is 13.7 Å². The number of hydrogen-bond acceptors (Lipinski definition) is 3. The van der Waals surface area contributed by atoms with Crippen LogP contribution >= 0.6 is 0 Å². The lowest BCUT2D eigenvalue weighted by Crippen LogP contribution is -2.21. The van der Waals surface area contributed by atoms with E-state index in [9.17, 15) is 0 Å². The molecule has 0 aliphatic carbocycles. The number of rotatable bonds is 5. The smallest absolute Gasteiger partial charge is 0.143 e. The fourth-order valence-electron chi connectivity index (χ4n) is 1.29. The molecule has 3 heteroatoms. The first-order chi connectivity index (χ1) is 7.48. The second-order valence-corrected chi connectivity index (χ2v) is 4.83. The zero-order valence-electron chi connectivity index (χ0n) is 10.6. The lowest BCUT2D eigenvalue weighted by molar-refractivity contribution is 0.377. The number of benzene rings is 1. The summed E-state index contributed by atoms with van der Waals surface area (Å²) in [5, 5.41) is 3.40. The number of ether oxygens (including phenoxy) is 1. The Morgan fingerprint density at radius 2 is 2.06 bits per heavy atom. The van der Waals surface area contributed by atoms with Crippen molar-refractivity contribution in [3.05, 3.63) is 18.2 Å². The molecule has 0 bridgehead atoms. The normalized spacial score (nSPS) is 11.2. The van der Waals surface area contributed by atoms with Gasteiger partial charge in [-0.3, -0.25) is 0 Å². The maximum Gasteiger partial charge on any atom is 0.143 e. The Morgan fingerprint density at radius 3 is 2.62 bits per heavy atom. The molecule has 0 aliphatic heterocycles. The SMILES string of the molecule is CCC(C)(C)CNc1ccc(N)c(OC)c1. The van der Waals surface area contributed by atoms with Gasteiger partial charge in [-0.1, -0.05) is 20.8 Å². The molecule has 1 aromatic carbocycles. The van der Waals surface area contributed by atoms with E-state index in [1.807, 2.05) is 18.2 Å². The maximum atomic E-state index is 5.76. The van der Waals surface area contributed by atoms with E-state index < -0.39 is 0 Å². The summed E-state index contributed by atoms with van der Waals surface area (Å²) in [7, 11) is 1.63. The highest BCUT2D eigenvalue weighted by Gasteiger charge is 2.14. The highest BCUT2D eigenvalue weighted by Crippen LogP contribution is 2.26. The Labute approximate surface area is 98.0 Å². The van der Waals surface area contributed by atoms with Crippen molar-refractivity contribution in [1.29, 1.82) is 0 Å². The van der Waals surface area contributed by atoms with Crippen LogP contribution < -0.4 is 15.8 Å². The minimum absolute atomic E-state index is 0.300. The molecule has 0 unspecified atom stereocenters. The minimum Gasteiger partial charge on any atom is -0.495 e. The zero-order chi connectivity index (χ0) is 12.2. The number of hydrogen-bond donors (Lipinski definition) is 2. The summed E-state index contributed by atoms with van der Waals surface area (Å²) < 4.78 is 5.18. The third-order valence-electron chi connectivity index (χ3n) is 2.96. The van der Waals surface area contributed by atoms with E-state index >= 15 is 0 Å². The van der Waals surface area contributed by atoms with Crippen LogP contribution in [0.15, 0.2) is 18.2 Å². The molecule has 1 aromatic rings. The summed E-state index contributed by atoms with van der Waals surface area (Å²) in [5.74, 6) is 0.722. The van der Waals surface area contributed by atoms with Crippen molar-refractivity contribution in [2.45, 2.75) is 27.2 Å². The molecule has 0 spiro atoms. The van der Waals surface area contributed by atoms with E-state index in [-0.39, 0.29) is 0 Å². The largest absolute Gasteiger partial charge is 0.495 e. The first-order valence-corrected chi connectivity index (χ1v) is 5.66. The summed E-state index contributed by atoms with van der Waals surface area (Å²) in [4.78, 5) is 0. The molecule has 0 fully saturated rings. The van der Waals surface area contributed by atoms with Crippen LogP contribution in [0.2, 0.25) is 0 Å². The number of nitrogen functional groups attached to an aromatic ring is 1. The molecule has 16 heavy (non-hydrogen) atoms. The van der Waals surface area contributed by atoms with Crippen molar-refractivity contribution < 1.29 is 4.74 Å². The van der Waals surface area contributed by atoms with Crippen LogP contribution in [0.5, 0.6) is 5.75 Å².